The summed E-state index contributed by atoms with van der Waals surface area (Å²) in [6, 6.07) is 24.6. The van der Waals surface area contributed by atoms with Crippen molar-refractivity contribution in [2.45, 2.75) is 18.2 Å². The Morgan fingerprint density at radius 2 is 1.56 bits per heavy atom. The van der Waals surface area contributed by atoms with Gasteiger partial charge in [0, 0.05) is 28.2 Å². The van der Waals surface area contributed by atoms with Gasteiger partial charge >= 0.3 is 0 Å². The van der Waals surface area contributed by atoms with E-state index in [0.29, 0.717) is 29.0 Å². The number of ketones is 1. The van der Waals surface area contributed by atoms with Crippen LogP contribution in [0.25, 0.3) is 0 Å². The molecule has 3 aromatic carbocycles. The van der Waals surface area contributed by atoms with Crippen molar-refractivity contribution in [3.63, 3.8) is 0 Å². The monoisotopic (exact) mass is 375 g/mol. The van der Waals surface area contributed by atoms with E-state index in [2.05, 4.69) is 5.32 Å². The summed E-state index contributed by atoms with van der Waals surface area (Å²) in [5, 5.41) is 2.90. The van der Waals surface area contributed by atoms with Gasteiger partial charge in [-0.1, -0.05) is 60.2 Å². The van der Waals surface area contributed by atoms with E-state index in [1.165, 1.54) is 0 Å². The Hall–Kier alpha value is -2.85. The number of anilines is 1. The summed E-state index contributed by atoms with van der Waals surface area (Å²) in [6.45, 7) is 1.93. The minimum atomic E-state index is -0.0932. The first-order valence-corrected chi connectivity index (χ1v) is 9.80. The first kappa shape index (κ1) is 18.9. The zero-order valence-corrected chi connectivity index (χ0v) is 16.0. The van der Waals surface area contributed by atoms with Crippen molar-refractivity contribution >= 4 is 29.1 Å². The summed E-state index contributed by atoms with van der Waals surface area (Å²) < 4.78 is 0. The SMILES string of the molecule is Cc1ccc(NC(=O)CCSc2ccccc2)c(C(=O)c2ccccc2)c1. The number of hydrogen-bond donors (Lipinski definition) is 1. The number of rotatable bonds is 7. The van der Waals surface area contributed by atoms with E-state index in [1.54, 1.807) is 30.0 Å². The highest BCUT2D eigenvalue weighted by atomic mass is 32.2. The van der Waals surface area contributed by atoms with Crippen LogP contribution in [0.2, 0.25) is 0 Å². The van der Waals surface area contributed by atoms with Gasteiger partial charge in [-0.15, -0.1) is 11.8 Å². The summed E-state index contributed by atoms with van der Waals surface area (Å²) in [7, 11) is 0. The fourth-order valence-corrected chi connectivity index (χ4v) is 3.56. The summed E-state index contributed by atoms with van der Waals surface area (Å²) >= 11 is 1.64. The Bertz CT molecular complexity index is 924. The molecule has 27 heavy (non-hydrogen) atoms. The van der Waals surface area contributed by atoms with Crippen molar-refractivity contribution in [1.29, 1.82) is 0 Å². The summed E-state index contributed by atoms with van der Waals surface area (Å²) in [6.07, 6.45) is 0.381. The summed E-state index contributed by atoms with van der Waals surface area (Å²) in [5.41, 5.74) is 2.67. The van der Waals surface area contributed by atoms with Crippen LogP contribution in [0.3, 0.4) is 0 Å². The Morgan fingerprint density at radius 1 is 0.889 bits per heavy atom. The van der Waals surface area contributed by atoms with Gasteiger partial charge in [-0.3, -0.25) is 9.59 Å². The number of carbonyl (C=O) groups excluding carboxylic acids is 2. The number of nitrogens with one attached hydrogen (secondary N) is 1. The standard InChI is InChI=1S/C23H21NO2S/c1-17-12-13-21(20(16-17)23(26)18-8-4-2-5-9-18)24-22(25)14-15-27-19-10-6-3-7-11-19/h2-13,16H,14-15H2,1H3,(H,24,25). The van der Waals surface area contributed by atoms with Crippen LogP contribution in [0.5, 0.6) is 0 Å². The molecular formula is C23H21NO2S. The van der Waals surface area contributed by atoms with Gasteiger partial charge in [-0.05, 0) is 31.2 Å². The first-order chi connectivity index (χ1) is 13.1. The van der Waals surface area contributed by atoms with Crippen molar-refractivity contribution in [3.8, 4) is 0 Å². The molecule has 0 radical (unpaired) electrons. The van der Waals surface area contributed by atoms with Crippen molar-refractivity contribution < 1.29 is 9.59 Å². The normalized spacial score (nSPS) is 10.4. The number of thioether (sulfide) groups is 1. The molecule has 3 rings (SSSR count). The first-order valence-electron chi connectivity index (χ1n) is 8.81. The van der Waals surface area contributed by atoms with Crippen molar-refractivity contribution in [2.24, 2.45) is 0 Å². The molecule has 0 aliphatic rings. The van der Waals surface area contributed by atoms with E-state index >= 15 is 0 Å². The molecule has 1 amide bonds. The van der Waals surface area contributed by atoms with Crippen LogP contribution >= 0.6 is 11.8 Å². The molecule has 0 spiro atoms. The molecule has 0 aliphatic heterocycles. The second-order valence-corrected chi connectivity index (χ2v) is 7.37. The Balaban J connectivity index is 1.67. The fourth-order valence-electron chi connectivity index (χ4n) is 2.69. The molecule has 0 unspecified atom stereocenters. The Kier molecular flexibility index (Phi) is 6.44. The Labute approximate surface area is 163 Å². The van der Waals surface area contributed by atoms with Crippen LogP contribution in [0.15, 0.2) is 83.8 Å². The number of aryl methyl sites for hydroxylation is 1. The molecule has 0 atom stereocenters. The maximum Gasteiger partial charge on any atom is 0.225 e. The third kappa shape index (κ3) is 5.31. The van der Waals surface area contributed by atoms with E-state index in [9.17, 15) is 9.59 Å². The van der Waals surface area contributed by atoms with Crippen LogP contribution in [0.4, 0.5) is 5.69 Å². The average Bonchev–Trinajstić information content (AvgIpc) is 2.70. The maximum absolute atomic E-state index is 12.8. The van der Waals surface area contributed by atoms with Crippen molar-refractivity contribution in [3.05, 3.63) is 95.6 Å². The number of benzene rings is 3. The lowest BCUT2D eigenvalue weighted by molar-refractivity contribution is -0.115. The van der Waals surface area contributed by atoms with Gasteiger partial charge in [0.25, 0.3) is 0 Å². The molecule has 0 aliphatic carbocycles. The van der Waals surface area contributed by atoms with Gasteiger partial charge in [0.1, 0.15) is 0 Å². The fraction of sp³-hybridized carbons (Fsp3) is 0.130. The van der Waals surface area contributed by atoms with E-state index in [0.717, 1.165) is 10.5 Å². The van der Waals surface area contributed by atoms with Crippen molar-refractivity contribution in [2.75, 3.05) is 11.1 Å². The second-order valence-electron chi connectivity index (χ2n) is 6.20. The molecule has 0 aromatic heterocycles. The highest BCUT2D eigenvalue weighted by molar-refractivity contribution is 7.99. The van der Waals surface area contributed by atoms with E-state index in [1.807, 2.05) is 67.6 Å². The lowest BCUT2D eigenvalue weighted by Crippen LogP contribution is -2.15. The molecule has 0 fully saturated rings. The highest BCUT2D eigenvalue weighted by Crippen LogP contribution is 2.22. The average molecular weight is 375 g/mol. The number of amides is 1. The third-order valence-corrected chi connectivity index (χ3v) is 5.08. The summed E-state index contributed by atoms with van der Waals surface area (Å²) in [5.74, 6) is 0.501. The van der Waals surface area contributed by atoms with Crippen LogP contribution in [-0.4, -0.2) is 17.4 Å². The van der Waals surface area contributed by atoms with Crippen LogP contribution < -0.4 is 5.32 Å². The smallest absolute Gasteiger partial charge is 0.225 e. The molecule has 0 heterocycles. The lowest BCUT2D eigenvalue weighted by atomic mass is 9.99. The largest absolute Gasteiger partial charge is 0.325 e. The molecule has 0 saturated heterocycles. The number of hydrogen-bond acceptors (Lipinski definition) is 3. The molecule has 136 valence electrons. The van der Waals surface area contributed by atoms with Gasteiger partial charge < -0.3 is 5.32 Å². The predicted octanol–water partition coefficient (Wildman–Crippen LogP) is 5.35. The van der Waals surface area contributed by atoms with Crippen LogP contribution in [0, 0.1) is 6.92 Å². The van der Waals surface area contributed by atoms with E-state index < -0.39 is 0 Å². The van der Waals surface area contributed by atoms with Crippen LogP contribution in [-0.2, 0) is 4.79 Å². The second kappa shape index (κ2) is 9.19. The van der Waals surface area contributed by atoms with Gasteiger partial charge in [0.05, 0.1) is 5.69 Å². The number of carbonyl (C=O) groups is 2. The zero-order valence-electron chi connectivity index (χ0n) is 15.1. The lowest BCUT2D eigenvalue weighted by Gasteiger charge is -2.12. The topological polar surface area (TPSA) is 46.2 Å². The molecule has 1 N–H and O–H groups in total. The zero-order chi connectivity index (χ0) is 19.1. The van der Waals surface area contributed by atoms with E-state index in [4.69, 9.17) is 0 Å². The molecule has 0 saturated carbocycles. The van der Waals surface area contributed by atoms with Gasteiger partial charge in [-0.25, -0.2) is 0 Å². The minimum Gasteiger partial charge on any atom is -0.325 e. The third-order valence-electron chi connectivity index (χ3n) is 4.07. The highest BCUT2D eigenvalue weighted by Gasteiger charge is 2.15. The maximum atomic E-state index is 12.8. The quantitative estimate of drug-likeness (QED) is 0.447. The predicted molar refractivity (Wildman–Crippen MR) is 111 cm³/mol. The van der Waals surface area contributed by atoms with Crippen LogP contribution in [0.1, 0.15) is 27.9 Å². The van der Waals surface area contributed by atoms with Gasteiger partial charge in [0.2, 0.25) is 5.91 Å². The molecule has 4 heteroatoms. The van der Waals surface area contributed by atoms with Crippen molar-refractivity contribution in [1.82, 2.24) is 0 Å². The molecule has 3 nitrogen and oxygen atoms in total. The summed E-state index contributed by atoms with van der Waals surface area (Å²) in [4.78, 5) is 26.3. The minimum absolute atomic E-state index is 0.0896. The van der Waals surface area contributed by atoms with Gasteiger partial charge in [0.15, 0.2) is 5.78 Å². The van der Waals surface area contributed by atoms with E-state index in [-0.39, 0.29) is 11.7 Å². The van der Waals surface area contributed by atoms with Gasteiger partial charge in [-0.2, -0.15) is 0 Å². The molecule has 0 bridgehead atoms. The Morgan fingerprint density at radius 3 is 2.26 bits per heavy atom. The molecule has 3 aromatic rings. The molecular weight excluding hydrogens is 354 g/mol.